The number of halogens is 1. The molecule has 0 spiro atoms. The number of unbranched alkanes of at least 4 members (excludes halogenated alkanes) is 1. The largest absolute Gasteiger partial charge is 0.462 e. The molecule has 0 saturated carbocycles. The Balaban J connectivity index is 1.99. The molecule has 0 radical (unpaired) electrons. The quantitative estimate of drug-likeness (QED) is 0.560. The molecule has 2 heterocycles. The van der Waals surface area contributed by atoms with Gasteiger partial charge in [0.25, 0.3) is 5.91 Å². The van der Waals surface area contributed by atoms with Crippen molar-refractivity contribution in [2.24, 2.45) is 0 Å². The van der Waals surface area contributed by atoms with Crippen LogP contribution in [0.2, 0.25) is 0 Å². The highest BCUT2D eigenvalue weighted by molar-refractivity contribution is 9.10. The van der Waals surface area contributed by atoms with Gasteiger partial charge in [0.2, 0.25) is 0 Å². The summed E-state index contributed by atoms with van der Waals surface area (Å²) >= 11 is 4.92. The molecule has 1 aromatic carbocycles. The van der Waals surface area contributed by atoms with E-state index in [-0.39, 0.29) is 11.9 Å². The molecule has 0 aliphatic heterocycles. The van der Waals surface area contributed by atoms with E-state index in [4.69, 9.17) is 4.74 Å². The fourth-order valence-corrected chi connectivity index (χ4v) is 3.27. The van der Waals surface area contributed by atoms with Crippen LogP contribution in [0.25, 0.3) is 10.7 Å². The van der Waals surface area contributed by atoms with Crippen LogP contribution in [0.4, 0.5) is 0 Å². The zero-order valence-corrected chi connectivity index (χ0v) is 15.5. The first-order chi connectivity index (χ1) is 11.7. The molecule has 0 amide bonds. The van der Waals surface area contributed by atoms with Gasteiger partial charge in [0, 0.05) is 4.47 Å². The first-order valence-electron chi connectivity index (χ1n) is 7.63. The summed E-state index contributed by atoms with van der Waals surface area (Å²) in [7, 11) is 0. The van der Waals surface area contributed by atoms with Crippen molar-refractivity contribution in [2.45, 2.75) is 19.8 Å². The third-order valence-electron chi connectivity index (χ3n) is 3.35. The topological polar surface area (TPSA) is 57.0 Å². The van der Waals surface area contributed by atoms with Crippen molar-refractivity contribution in [1.82, 2.24) is 14.8 Å². The highest BCUT2D eigenvalue weighted by Gasteiger charge is 2.21. The lowest BCUT2D eigenvalue weighted by molar-refractivity contribution is 0.0944. The lowest BCUT2D eigenvalue weighted by Crippen LogP contribution is -2.15. The van der Waals surface area contributed by atoms with E-state index < -0.39 is 0 Å². The van der Waals surface area contributed by atoms with E-state index >= 15 is 0 Å². The fraction of sp³-hybridized carbons (Fsp3) is 0.235. The standard InChI is InChI=1S/C17H16BrN3O2S/c1-2-3-10-23-17-19-15(14-9-6-11-24-14)21(20-17)16(22)12-7-4-5-8-13(12)18/h4-9,11H,2-3,10H2,1H3. The average molecular weight is 406 g/mol. The molecule has 0 bridgehead atoms. The number of carbonyl (C=O) groups is 1. The first kappa shape index (κ1) is 16.9. The molecular formula is C17H16BrN3O2S. The van der Waals surface area contributed by atoms with E-state index in [0.717, 1.165) is 22.2 Å². The van der Waals surface area contributed by atoms with Crippen molar-refractivity contribution in [1.29, 1.82) is 0 Å². The summed E-state index contributed by atoms with van der Waals surface area (Å²) in [5, 5.41) is 6.21. The molecular weight excluding hydrogens is 390 g/mol. The number of thiophene rings is 1. The maximum Gasteiger partial charge on any atom is 0.336 e. The summed E-state index contributed by atoms with van der Waals surface area (Å²) in [5.41, 5.74) is 0.528. The Morgan fingerprint density at radius 2 is 2.12 bits per heavy atom. The molecule has 0 N–H and O–H groups in total. The molecule has 5 nitrogen and oxygen atoms in total. The molecule has 3 rings (SSSR count). The maximum atomic E-state index is 12.9. The van der Waals surface area contributed by atoms with Gasteiger partial charge in [-0.3, -0.25) is 4.79 Å². The normalized spacial score (nSPS) is 10.8. The lowest BCUT2D eigenvalue weighted by Gasteiger charge is -2.05. The van der Waals surface area contributed by atoms with Crippen molar-refractivity contribution in [2.75, 3.05) is 6.61 Å². The molecule has 0 atom stereocenters. The van der Waals surface area contributed by atoms with Crippen LogP contribution < -0.4 is 4.74 Å². The Bertz CT molecular complexity index is 830. The van der Waals surface area contributed by atoms with Crippen LogP contribution in [0.1, 0.15) is 30.1 Å². The van der Waals surface area contributed by atoms with Crippen molar-refractivity contribution in [3.8, 4) is 16.7 Å². The van der Waals surface area contributed by atoms with Crippen LogP contribution in [0.15, 0.2) is 46.3 Å². The predicted molar refractivity (Wildman–Crippen MR) is 97.6 cm³/mol. The number of ether oxygens (including phenoxy) is 1. The second-order valence-corrected chi connectivity index (χ2v) is 6.90. The summed E-state index contributed by atoms with van der Waals surface area (Å²) < 4.78 is 7.61. The van der Waals surface area contributed by atoms with Crippen LogP contribution in [0.5, 0.6) is 6.01 Å². The van der Waals surface area contributed by atoms with Gasteiger partial charge in [0.1, 0.15) is 0 Å². The molecule has 124 valence electrons. The Morgan fingerprint density at radius 3 is 2.83 bits per heavy atom. The second kappa shape index (κ2) is 7.72. The minimum absolute atomic E-state index is 0.229. The molecule has 3 aromatic rings. The molecule has 0 aliphatic carbocycles. The average Bonchev–Trinajstić information content (AvgIpc) is 3.24. The van der Waals surface area contributed by atoms with Crippen LogP contribution >= 0.6 is 27.3 Å². The van der Waals surface area contributed by atoms with E-state index in [0.29, 0.717) is 18.0 Å². The van der Waals surface area contributed by atoms with Crippen LogP contribution in [-0.4, -0.2) is 27.3 Å². The third-order valence-corrected chi connectivity index (χ3v) is 4.91. The maximum absolute atomic E-state index is 12.9. The summed E-state index contributed by atoms with van der Waals surface area (Å²) in [4.78, 5) is 18.2. The van der Waals surface area contributed by atoms with Crippen molar-refractivity contribution < 1.29 is 9.53 Å². The Labute approximate surface area is 152 Å². The zero-order valence-electron chi connectivity index (χ0n) is 13.1. The number of aromatic nitrogens is 3. The minimum atomic E-state index is -0.247. The summed E-state index contributed by atoms with van der Waals surface area (Å²) in [5.74, 6) is 0.251. The van der Waals surface area contributed by atoms with Gasteiger partial charge in [-0.05, 0) is 45.9 Å². The SMILES string of the molecule is CCCCOc1nc(-c2cccs2)n(C(=O)c2ccccc2Br)n1. The Morgan fingerprint density at radius 1 is 1.29 bits per heavy atom. The molecule has 0 unspecified atom stereocenters. The van der Waals surface area contributed by atoms with Crippen molar-refractivity contribution in [3.63, 3.8) is 0 Å². The van der Waals surface area contributed by atoms with E-state index in [9.17, 15) is 4.79 Å². The molecule has 24 heavy (non-hydrogen) atoms. The van der Waals surface area contributed by atoms with Gasteiger partial charge in [0.15, 0.2) is 5.82 Å². The van der Waals surface area contributed by atoms with Crippen molar-refractivity contribution in [3.05, 3.63) is 51.8 Å². The number of carbonyl (C=O) groups excluding carboxylic acids is 1. The van der Waals surface area contributed by atoms with E-state index in [1.807, 2.05) is 35.7 Å². The second-order valence-electron chi connectivity index (χ2n) is 5.09. The van der Waals surface area contributed by atoms with Gasteiger partial charge in [-0.2, -0.15) is 9.67 Å². The summed E-state index contributed by atoms with van der Waals surface area (Å²) in [6.45, 7) is 2.62. The molecule has 0 aliphatic rings. The molecule has 0 fully saturated rings. The molecule has 7 heteroatoms. The first-order valence-corrected chi connectivity index (χ1v) is 9.31. The summed E-state index contributed by atoms with van der Waals surface area (Å²) in [6.07, 6.45) is 1.94. The summed E-state index contributed by atoms with van der Waals surface area (Å²) in [6, 6.07) is 11.3. The number of benzene rings is 1. The Hall–Kier alpha value is -1.99. The van der Waals surface area contributed by atoms with Gasteiger partial charge < -0.3 is 4.74 Å². The number of hydrogen-bond donors (Lipinski definition) is 0. The van der Waals surface area contributed by atoms with Crippen LogP contribution in [0, 0.1) is 0 Å². The van der Waals surface area contributed by atoms with E-state index in [1.165, 1.54) is 16.0 Å². The van der Waals surface area contributed by atoms with Gasteiger partial charge in [-0.1, -0.05) is 31.5 Å². The fourth-order valence-electron chi connectivity index (χ4n) is 2.12. The van der Waals surface area contributed by atoms with Gasteiger partial charge in [-0.25, -0.2) is 0 Å². The molecule has 2 aromatic heterocycles. The van der Waals surface area contributed by atoms with Gasteiger partial charge in [0.05, 0.1) is 17.0 Å². The predicted octanol–water partition coefficient (Wildman–Crippen LogP) is 4.64. The zero-order chi connectivity index (χ0) is 16.9. The van der Waals surface area contributed by atoms with E-state index in [1.54, 1.807) is 6.07 Å². The monoisotopic (exact) mass is 405 g/mol. The highest BCUT2D eigenvalue weighted by Crippen LogP contribution is 2.26. The number of rotatable bonds is 6. The minimum Gasteiger partial charge on any atom is -0.462 e. The van der Waals surface area contributed by atoms with Gasteiger partial charge in [-0.15, -0.1) is 16.4 Å². The number of hydrogen-bond acceptors (Lipinski definition) is 5. The van der Waals surface area contributed by atoms with Crippen molar-refractivity contribution >= 4 is 33.2 Å². The van der Waals surface area contributed by atoms with Crippen LogP contribution in [0.3, 0.4) is 0 Å². The van der Waals surface area contributed by atoms with E-state index in [2.05, 4.69) is 32.9 Å². The lowest BCUT2D eigenvalue weighted by atomic mass is 10.2. The van der Waals surface area contributed by atoms with Gasteiger partial charge >= 0.3 is 6.01 Å². The third kappa shape index (κ3) is 3.57. The Kier molecular flexibility index (Phi) is 5.42. The molecule has 0 saturated heterocycles. The van der Waals surface area contributed by atoms with Crippen LogP contribution in [-0.2, 0) is 0 Å². The smallest absolute Gasteiger partial charge is 0.336 e. The number of nitrogens with zero attached hydrogens (tertiary/aromatic N) is 3. The highest BCUT2D eigenvalue weighted by atomic mass is 79.9.